The van der Waals surface area contributed by atoms with Crippen LogP contribution in [0.25, 0.3) is 0 Å². The van der Waals surface area contributed by atoms with Gasteiger partial charge >= 0.3 is 0 Å². The Balaban J connectivity index is 2.73. The van der Waals surface area contributed by atoms with Crippen molar-refractivity contribution >= 4 is 0 Å². The second-order valence-electron chi connectivity index (χ2n) is 3.85. The van der Waals surface area contributed by atoms with Crippen molar-refractivity contribution in [1.82, 2.24) is 5.32 Å². The lowest BCUT2D eigenvalue weighted by Crippen LogP contribution is -2.28. The minimum absolute atomic E-state index is 0.423. The zero-order chi connectivity index (χ0) is 11.1. The third-order valence-corrected chi connectivity index (χ3v) is 2.78. The molecule has 1 N–H and O–H groups in total. The molecule has 0 fully saturated rings. The highest BCUT2D eigenvalue weighted by Gasteiger charge is 2.13. The second-order valence-corrected chi connectivity index (χ2v) is 3.85. The van der Waals surface area contributed by atoms with Crippen LogP contribution >= 0.6 is 0 Å². The van der Waals surface area contributed by atoms with Crippen LogP contribution in [0.1, 0.15) is 31.7 Å². The van der Waals surface area contributed by atoms with Gasteiger partial charge < -0.3 is 5.32 Å². The van der Waals surface area contributed by atoms with Crippen molar-refractivity contribution in [3.63, 3.8) is 0 Å². The van der Waals surface area contributed by atoms with E-state index in [1.54, 1.807) is 0 Å². The molecule has 0 aromatic heterocycles. The van der Waals surface area contributed by atoms with Gasteiger partial charge in [-0.15, -0.1) is 0 Å². The Morgan fingerprint density at radius 2 is 1.93 bits per heavy atom. The van der Waals surface area contributed by atoms with Gasteiger partial charge in [0.2, 0.25) is 0 Å². The number of hydrogen-bond donors (Lipinski definition) is 1. The molecule has 0 bridgehead atoms. The first-order valence-electron chi connectivity index (χ1n) is 5.68. The van der Waals surface area contributed by atoms with Gasteiger partial charge in [0.25, 0.3) is 0 Å². The fourth-order valence-electron chi connectivity index (χ4n) is 1.76. The molecule has 0 aliphatic rings. The topological polar surface area (TPSA) is 12.0 Å². The first-order valence-corrected chi connectivity index (χ1v) is 5.68. The van der Waals surface area contributed by atoms with Gasteiger partial charge in [0, 0.05) is 6.04 Å². The summed E-state index contributed by atoms with van der Waals surface area (Å²) in [6.45, 7) is 4.42. The fourth-order valence-corrected chi connectivity index (χ4v) is 1.76. The van der Waals surface area contributed by atoms with Crippen molar-refractivity contribution in [2.24, 2.45) is 0 Å². The number of likely N-dealkylation sites (N-methyl/N-ethyl adjacent to an activating group) is 1. The Kier molecular flexibility index (Phi) is 5.13. The van der Waals surface area contributed by atoms with E-state index in [0.29, 0.717) is 12.0 Å². The molecule has 0 aliphatic heterocycles. The van der Waals surface area contributed by atoms with Gasteiger partial charge in [0.05, 0.1) is 0 Å². The van der Waals surface area contributed by atoms with Crippen LogP contribution in [0.4, 0.5) is 0 Å². The molecule has 0 heterocycles. The second kappa shape index (κ2) is 6.41. The Hall–Kier alpha value is -1.08. The highest BCUT2D eigenvalue weighted by atomic mass is 14.9. The van der Waals surface area contributed by atoms with Crippen LogP contribution in [0.3, 0.4) is 0 Å². The highest BCUT2D eigenvalue weighted by molar-refractivity contribution is 5.22. The summed E-state index contributed by atoms with van der Waals surface area (Å²) in [6, 6.07) is 11.1. The fraction of sp³-hybridized carbons (Fsp3) is 0.429. The van der Waals surface area contributed by atoms with Crippen molar-refractivity contribution in [2.75, 3.05) is 7.05 Å². The molecule has 0 saturated heterocycles. The molecular formula is C14H21N. The summed E-state index contributed by atoms with van der Waals surface area (Å²) in [7, 11) is 2.02. The van der Waals surface area contributed by atoms with Crippen LogP contribution in [-0.2, 0) is 0 Å². The summed E-state index contributed by atoms with van der Waals surface area (Å²) in [4.78, 5) is 0. The summed E-state index contributed by atoms with van der Waals surface area (Å²) in [5, 5.41) is 3.35. The van der Waals surface area contributed by atoms with E-state index in [-0.39, 0.29) is 0 Å². The minimum atomic E-state index is 0.423. The number of allylic oxidation sites excluding steroid dienone is 1. The molecule has 15 heavy (non-hydrogen) atoms. The summed E-state index contributed by atoms with van der Waals surface area (Å²) in [5.41, 5.74) is 1.39. The van der Waals surface area contributed by atoms with Crippen LogP contribution in [0, 0.1) is 0 Å². The largest absolute Gasteiger partial charge is 0.313 e. The molecule has 1 heteroatoms. The van der Waals surface area contributed by atoms with Crippen molar-refractivity contribution in [2.45, 2.75) is 32.2 Å². The lowest BCUT2D eigenvalue weighted by molar-refractivity contribution is 0.569. The van der Waals surface area contributed by atoms with Gasteiger partial charge in [-0.25, -0.2) is 0 Å². The molecule has 1 nitrogen and oxygen atoms in total. The Bertz CT molecular complexity index is 289. The van der Waals surface area contributed by atoms with E-state index in [4.69, 9.17) is 0 Å². The molecule has 1 rings (SSSR count). The zero-order valence-electron chi connectivity index (χ0n) is 9.90. The van der Waals surface area contributed by atoms with Crippen LogP contribution in [0.2, 0.25) is 0 Å². The van der Waals surface area contributed by atoms with Crippen molar-refractivity contribution in [1.29, 1.82) is 0 Å². The maximum absolute atomic E-state index is 3.35. The molecule has 2 atom stereocenters. The third kappa shape index (κ3) is 3.52. The molecule has 0 amide bonds. The van der Waals surface area contributed by atoms with Gasteiger partial charge in [0.1, 0.15) is 0 Å². The number of nitrogens with one attached hydrogen (secondary N) is 1. The monoisotopic (exact) mass is 203 g/mol. The summed E-state index contributed by atoms with van der Waals surface area (Å²) in [6.07, 6.45) is 5.58. The lowest BCUT2D eigenvalue weighted by atomic mass is 9.93. The van der Waals surface area contributed by atoms with Crippen LogP contribution in [-0.4, -0.2) is 13.1 Å². The van der Waals surface area contributed by atoms with Crippen LogP contribution in [0.15, 0.2) is 42.5 Å². The molecule has 0 radical (unpaired) electrons. The highest BCUT2D eigenvalue weighted by Crippen LogP contribution is 2.19. The third-order valence-electron chi connectivity index (χ3n) is 2.78. The average molecular weight is 203 g/mol. The number of benzene rings is 1. The van der Waals surface area contributed by atoms with Crippen LogP contribution < -0.4 is 5.32 Å². The van der Waals surface area contributed by atoms with E-state index in [0.717, 1.165) is 6.42 Å². The summed E-state index contributed by atoms with van der Waals surface area (Å²) < 4.78 is 0. The summed E-state index contributed by atoms with van der Waals surface area (Å²) >= 11 is 0. The van der Waals surface area contributed by atoms with E-state index in [1.165, 1.54) is 5.56 Å². The Morgan fingerprint density at radius 1 is 1.27 bits per heavy atom. The molecule has 1 aromatic rings. The normalized spacial score (nSPS) is 15.4. The van der Waals surface area contributed by atoms with Crippen molar-refractivity contribution < 1.29 is 0 Å². The molecule has 0 aliphatic carbocycles. The molecule has 0 spiro atoms. The first-order chi connectivity index (χ1) is 7.29. The number of rotatable bonds is 5. The predicted molar refractivity (Wildman–Crippen MR) is 67.1 cm³/mol. The maximum Gasteiger partial charge on any atom is 0.0313 e. The van der Waals surface area contributed by atoms with Gasteiger partial charge in [0.15, 0.2) is 0 Å². The molecular weight excluding hydrogens is 182 g/mol. The van der Waals surface area contributed by atoms with Crippen molar-refractivity contribution in [3.8, 4) is 0 Å². The standard InChI is InChI=1S/C14H21N/c1-4-5-11-14(15-3)12(2)13-9-7-6-8-10-13/h5-12,14-15H,4H2,1-3H3/b11-5-. The maximum atomic E-state index is 3.35. The summed E-state index contributed by atoms with van der Waals surface area (Å²) in [5.74, 6) is 0.513. The van der Waals surface area contributed by atoms with Crippen molar-refractivity contribution in [3.05, 3.63) is 48.0 Å². The Morgan fingerprint density at radius 3 is 2.47 bits per heavy atom. The lowest BCUT2D eigenvalue weighted by Gasteiger charge is -2.20. The minimum Gasteiger partial charge on any atom is -0.313 e. The first kappa shape index (κ1) is 12.0. The van der Waals surface area contributed by atoms with Gasteiger partial charge in [-0.2, -0.15) is 0 Å². The number of hydrogen-bond acceptors (Lipinski definition) is 1. The van der Waals surface area contributed by atoms with Gasteiger partial charge in [-0.1, -0.05) is 56.3 Å². The van der Waals surface area contributed by atoms with E-state index in [9.17, 15) is 0 Å². The SMILES string of the molecule is CC/C=C\C(NC)C(C)c1ccccc1. The average Bonchev–Trinajstić information content (AvgIpc) is 2.31. The van der Waals surface area contributed by atoms with Gasteiger partial charge in [-0.3, -0.25) is 0 Å². The van der Waals surface area contributed by atoms with E-state index in [1.807, 2.05) is 7.05 Å². The van der Waals surface area contributed by atoms with E-state index >= 15 is 0 Å². The molecule has 82 valence electrons. The predicted octanol–water partition coefficient (Wildman–Crippen LogP) is 3.34. The van der Waals surface area contributed by atoms with Gasteiger partial charge in [-0.05, 0) is 24.9 Å². The molecule has 0 saturated carbocycles. The molecule has 1 aromatic carbocycles. The quantitative estimate of drug-likeness (QED) is 0.724. The van der Waals surface area contributed by atoms with E-state index in [2.05, 4.69) is 61.6 Å². The smallest absolute Gasteiger partial charge is 0.0313 e. The van der Waals surface area contributed by atoms with E-state index < -0.39 is 0 Å². The Labute approximate surface area is 93.2 Å². The zero-order valence-corrected chi connectivity index (χ0v) is 9.90. The molecule has 2 unspecified atom stereocenters. The van der Waals surface area contributed by atoms with Crippen LogP contribution in [0.5, 0.6) is 0 Å².